The fourth-order valence-corrected chi connectivity index (χ4v) is 3.95. The Morgan fingerprint density at radius 1 is 1.26 bits per heavy atom. The first-order chi connectivity index (χ1) is 11.2. The molecule has 4 heteroatoms. The Balaban J connectivity index is 1.86. The average Bonchev–Trinajstić information content (AvgIpc) is 3.04. The van der Waals surface area contributed by atoms with Crippen LogP contribution in [0.4, 0.5) is 0 Å². The fraction of sp³-hybridized carbons (Fsp3) is 0.842. The maximum absolute atomic E-state index is 4.95. The van der Waals surface area contributed by atoms with Crippen LogP contribution in [0.25, 0.3) is 0 Å². The summed E-state index contributed by atoms with van der Waals surface area (Å²) in [5, 5.41) is 7.11. The van der Waals surface area contributed by atoms with Gasteiger partial charge in [-0.1, -0.05) is 25.8 Å². The third kappa shape index (κ3) is 5.52. The first-order valence-electron chi connectivity index (χ1n) is 9.59. The van der Waals surface area contributed by atoms with Crippen LogP contribution in [0.1, 0.15) is 58.8 Å². The van der Waals surface area contributed by atoms with E-state index in [1.807, 2.05) is 6.08 Å². The Hall–Kier alpha value is -1.03. The predicted octanol–water partition coefficient (Wildman–Crippen LogP) is 3.16. The second-order valence-electron chi connectivity index (χ2n) is 7.26. The summed E-state index contributed by atoms with van der Waals surface area (Å²) in [4.78, 5) is 7.42. The van der Waals surface area contributed by atoms with Gasteiger partial charge in [0.25, 0.3) is 0 Å². The molecule has 0 atom stereocenters. The number of aliphatic imine (C=N–C) groups is 1. The second-order valence-corrected chi connectivity index (χ2v) is 7.26. The number of piperidine rings is 1. The van der Waals surface area contributed by atoms with Gasteiger partial charge in [-0.3, -0.25) is 9.89 Å². The standard InChI is InChI=1S/C19H36N4/c1-4-13-23-14-9-17(10-15-23)22-18(20-6-3)21-16-19(5-2)11-7-8-12-19/h4,17H,1,5-16H2,2-3H3,(H2,20,21,22). The van der Waals surface area contributed by atoms with Crippen LogP contribution in [0.15, 0.2) is 17.6 Å². The monoisotopic (exact) mass is 320 g/mol. The van der Waals surface area contributed by atoms with Gasteiger partial charge in [0.15, 0.2) is 5.96 Å². The second kappa shape index (κ2) is 9.31. The minimum atomic E-state index is 0.468. The van der Waals surface area contributed by atoms with Gasteiger partial charge in [0.2, 0.25) is 0 Å². The summed E-state index contributed by atoms with van der Waals surface area (Å²) >= 11 is 0. The van der Waals surface area contributed by atoms with E-state index in [1.54, 1.807) is 0 Å². The van der Waals surface area contributed by atoms with Crippen LogP contribution in [-0.4, -0.2) is 49.6 Å². The molecule has 0 amide bonds. The topological polar surface area (TPSA) is 39.7 Å². The van der Waals surface area contributed by atoms with E-state index in [2.05, 4.69) is 36.0 Å². The van der Waals surface area contributed by atoms with Crippen molar-refractivity contribution in [1.82, 2.24) is 15.5 Å². The lowest BCUT2D eigenvalue weighted by Crippen LogP contribution is -2.49. The highest BCUT2D eigenvalue weighted by atomic mass is 15.2. The number of hydrogen-bond donors (Lipinski definition) is 2. The summed E-state index contributed by atoms with van der Waals surface area (Å²) in [5.41, 5.74) is 0.468. The number of nitrogens with one attached hydrogen (secondary N) is 2. The van der Waals surface area contributed by atoms with Crippen molar-refractivity contribution in [2.75, 3.05) is 32.7 Å². The van der Waals surface area contributed by atoms with E-state index in [0.29, 0.717) is 11.5 Å². The number of hydrogen-bond acceptors (Lipinski definition) is 2. The molecule has 1 saturated heterocycles. The van der Waals surface area contributed by atoms with E-state index in [1.165, 1.54) is 44.9 Å². The minimum Gasteiger partial charge on any atom is -0.357 e. The van der Waals surface area contributed by atoms with Crippen LogP contribution >= 0.6 is 0 Å². The molecule has 0 aromatic carbocycles. The smallest absolute Gasteiger partial charge is 0.191 e. The first kappa shape index (κ1) is 18.3. The van der Waals surface area contributed by atoms with Crippen molar-refractivity contribution >= 4 is 5.96 Å². The average molecular weight is 321 g/mol. The van der Waals surface area contributed by atoms with Crippen LogP contribution < -0.4 is 10.6 Å². The molecule has 2 fully saturated rings. The van der Waals surface area contributed by atoms with Crippen LogP contribution in [0.3, 0.4) is 0 Å². The van der Waals surface area contributed by atoms with Crippen LogP contribution in [0, 0.1) is 5.41 Å². The van der Waals surface area contributed by atoms with E-state index in [0.717, 1.165) is 38.7 Å². The highest BCUT2D eigenvalue weighted by molar-refractivity contribution is 5.80. The molecule has 0 aromatic heterocycles. The summed E-state index contributed by atoms with van der Waals surface area (Å²) in [6.45, 7) is 13.5. The van der Waals surface area contributed by atoms with Gasteiger partial charge < -0.3 is 10.6 Å². The summed E-state index contributed by atoms with van der Waals surface area (Å²) in [6, 6.07) is 0.551. The van der Waals surface area contributed by atoms with Crippen molar-refractivity contribution < 1.29 is 0 Å². The zero-order valence-corrected chi connectivity index (χ0v) is 15.2. The Bertz CT molecular complexity index is 377. The van der Waals surface area contributed by atoms with Crippen molar-refractivity contribution in [3.63, 3.8) is 0 Å². The Morgan fingerprint density at radius 3 is 2.52 bits per heavy atom. The zero-order valence-electron chi connectivity index (χ0n) is 15.2. The molecule has 1 aliphatic carbocycles. The SMILES string of the molecule is C=CCN1CCC(NC(=NCC2(CC)CCCC2)NCC)CC1. The Kier molecular flexibility index (Phi) is 7.41. The fourth-order valence-electron chi connectivity index (χ4n) is 3.95. The van der Waals surface area contributed by atoms with E-state index < -0.39 is 0 Å². The van der Waals surface area contributed by atoms with Gasteiger partial charge in [0, 0.05) is 38.8 Å². The largest absolute Gasteiger partial charge is 0.357 e. The number of rotatable bonds is 7. The van der Waals surface area contributed by atoms with Crippen LogP contribution in [0.5, 0.6) is 0 Å². The molecule has 0 aromatic rings. The molecule has 2 aliphatic rings. The summed E-state index contributed by atoms with van der Waals surface area (Å²) in [5.74, 6) is 1.02. The van der Waals surface area contributed by atoms with E-state index in [-0.39, 0.29) is 0 Å². The summed E-state index contributed by atoms with van der Waals surface area (Å²) in [6.07, 6.45) is 11.1. The zero-order chi connectivity index (χ0) is 16.5. The summed E-state index contributed by atoms with van der Waals surface area (Å²) in [7, 11) is 0. The molecule has 23 heavy (non-hydrogen) atoms. The highest BCUT2D eigenvalue weighted by Crippen LogP contribution is 2.41. The number of nitrogens with zero attached hydrogens (tertiary/aromatic N) is 2. The van der Waals surface area contributed by atoms with Crippen molar-refractivity contribution in [3.8, 4) is 0 Å². The lowest BCUT2D eigenvalue weighted by atomic mass is 9.84. The van der Waals surface area contributed by atoms with Crippen molar-refractivity contribution in [2.45, 2.75) is 64.8 Å². The molecule has 1 aliphatic heterocycles. The molecule has 4 nitrogen and oxygen atoms in total. The number of guanidine groups is 1. The first-order valence-corrected chi connectivity index (χ1v) is 9.59. The molecule has 132 valence electrons. The van der Waals surface area contributed by atoms with Crippen LogP contribution in [0.2, 0.25) is 0 Å². The molecule has 1 saturated carbocycles. The Morgan fingerprint density at radius 2 is 1.96 bits per heavy atom. The lowest BCUT2D eigenvalue weighted by molar-refractivity contribution is 0.224. The molecule has 0 unspecified atom stereocenters. The normalized spacial score (nSPS) is 23.0. The van der Waals surface area contributed by atoms with Gasteiger partial charge in [0.1, 0.15) is 0 Å². The third-order valence-corrected chi connectivity index (χ3v) is 5.65. The van der Waals surface area contributed by atoms with E-state index >= 15 is 0 Å². The van der Waals surface area contributed by atoms with E-state index in [9.17, 15) is 0 Å². The summed E-state index contributed by atoms with van der Waals surface area (Å²) < 4.78 is 0. The number of likely N-dealkylation sites (tertiary alicyclic amines) is 1. The van der Waals surface area contributed by atoms with Gasteiger partial charge in [0.05, 0.1) is 0 Å². The van der Waals surface area contributed by atoms with Crippen molar-refractivity contribution in [1.29, 1.82) is 0 Å². The molecule has 2 N–H and O–H groups in total. The van der Waals surface area contributed by atoms with Gasteiger partial charge in [-0.2, -0.15) is 0 Å². The highest BCUT2D eigenvalue weighted by Gasteiger charge is 2.31. The van der Waals surface area contributed by atoms with Crippen molar-refractivity contribution in [3.05, 3.63) is 12.7 Å². The third-order valence-electron chi connectivity index (χ3n) is 5.65. The molecule has 0 spiro atoms. The lowest BCUT2D eigenvalue weighted by Gasteiger charge is -2.32. The molecular weight excluding hydrogens is 284 g/mol. The van der Waals surface area contributed by atoms with Crippen LogP contribution in [-0.2, 0) is 0 Å². The molecule has 0 radical (unpaired) electrons. The minimum absolute atomic E-state index is 0.468. The molecular formula is C19H36N4. The maximum Gasteiger partial charge on any atom is 0.191 e. The van der Waals surface area contributed by atoms with Crippen molar-refractivity contribution in [2.24, 2.45) is 10.4 Å². The molecule has 0 bridgehead atoms. The molecule has 2 rings (SSSR count). The van der Waals surface area contributed by atoms with Gasteiger partial charge in [-0.05, 0) is 44.4 Å². The quantitative estimate of drug-likeness (QED) is 0.430. The maximum atomic E-state index is 4.95. The predicted molar refractivity (Wildman–Crippen MR) is 100.0 cm³/mol. The van der Waals surface area contributed by atoms with E-state index in [4.69, 9.17) is 4.99 Å². The molecule has 1 heterocycles. The van der Waals surface area contributed by atoms with Gasteiger partial charge in [-0.15, -0.1) is 6.58 Å². The Labute approximate surface area is 142 Å². The van der Waals surface area contributed by atoms with Gasteiger partial charge >= 0.3 is 0 Å². The van der Waals surface area contributed by atoms with Gasteiger partial charge in [-0.25, -0.2) is 0 Å².